The highest BCUT2D eigenvalue weighted by molar-refractivity contribution is 8.13. The van der Waals surface area contributed by atoms with Crippen LogP contribution in [0.5, 0.6) is 0 Å². The number of benzene rings is 2. The molecule has 1 saturated heterocycles. The van der Waals surface area contributed by atoms with E-state index < -0.39 is 11.8 Å². The number of urea groups is 1. The van der Waals surface area contributed by atoms with E-state index >= 15 is 0 Å². The van der Waals surface area contributed by atoms with Gasteiger partial charge in [-0.3, -0.25) is 4.79 Å². The molecule has 10 heteroatoms. The zero-order valence-corrected chi connectivity index (χ0v) is 19.7. The van der Waals surface area contributed by atoms with Crippen LogP contribution in [0.2, 0.25) is 5.02 Å². The second kappa shape index (κ2) is 9.84. The zero-order valence-electron chi connectivity index (χ0n) is 18.1. The first-order valence-corrected chi connectivity index (χ1v) is 11.8. The maximum atomic E-state index is 13.4. The number of rotatable bonds is 4. The van der Waals surface area contributed by atoms with Gasteiger partial charge in [-0.15, -0.1) is 0 Å². The van der Waals surface area contributed by atoms with E-state index in [9.17, 15) is 14.0 Å². The van der Waals surface area contributed by atoms with Crippen LogP contribution in [-0.2, 0) is 4.79 Å². The topological polar surface area (TPSA) is 85.8 Å². The number of thioether (sulfide) groups is 1. The maximum absolute atomic E-state index is 13.4. The average molecular weight is 488 g/mol. The van der Waals surface area contributed by atoms with Gasteiger partial charge in [0, 0.05) is 30.7 Å². The lowest BCUT2D eigenvalue weighted by molar-refractivity contribution is -0.117. The normalized spacial score (nSPS) is 17.8. The van der Waals surface area contributed by atoms with Crippen LogP contribution in [-0.4, -0.2) is 41.4 Å². The second-order valence-corrected chi connectivity index (χ2v) is 9.07. The molecule has 3 N–H and O–H groups in total. The van der Waals surface area contributed by atoms with Crippen LogP contribution >= 0.6 is 23.4 Å². The quantitative estimate of drug-likeness (QED) is 0.567. The van der Waals surface area contributed by atoms with E-state index in [1.54, 1.807) is 24.9 Å². The summed E-state index contributed by atoms with van der Waals surface area (Å²) in [5.74, 6) is 0.247. The molecule has 0 aromatic heterocycles. The Morgan fingerprint density at radius 3 is 2.67 bits per heavy atom. The second-order valence-electron chi connectivity index (χ2n) is 7.60. The van der Waals surface area contributed by atoms with Gasteiger partial charge >= 0.3 is 6.03 Å². The minimum absolute atomic E-state index is 0.0761. The number of halogens is 2. The molecule has 0 saturated carbocycles. The van der Waals surface area contributed by atoms with Crippen LogP contribution in [0.15, 0.2) is 58.7 Å². The predicted molar refractivity (Wildman–Crippen MR) is 131 cm³/mol. The van der Waals surface area contributed by atoms with Crippen molar-refractivity contribution in [2.24, 2.45) is 4.99 Å². The molecule has 0 radical (unpaired) electrons. The number of hydrogen-bond acceptors (Lipinski definition) is 5. The van der Waals surface area contributed by atoms with Crippen molar-refractivity contribution < 1.29 is 14.0 Å². The van der Waals surface area contributed by atoms with Gasteiger partial charge in [-0.25, -0.2) is 14.2 Å². The molecule has 3 amide bonds. The first kappa shape index (κ1) is 23.1. The lowest BCUT2D eigenvalue weighted by Crippen LogP contribution is -2.43. The summed E-state index contributed by atoms with van der Waals surface area (Å²) in [6, 6.07) is 10.5. The largest absolute Gasteiger partial charge is 0.355 e. The van der Waals surface area contributed by atoms with Crippen molar-refractivity contribution in [3.8, 4) is 0 Å². The standard InChI is InChI=1S/C23H23ClFN5O2S/c1-13-19(21(31)26-2)20(30-9-4-10-33-23(30)27-13)14-5-3-6-15(11-14)28-22(32)29-16-7-8-18(25)17(24)12-16/h3,5-8,11-12,20H,4,9-10H2,1-2H3,(H,26,31)(H2,28,29,32). The smallest absolute Gasteiger partial charge is 0.323 e. The number of amidine groups is 1. The van der Waals surface area contributed by atoms with Gasteiger partial charge in [0.1, 0.15) is 5.82 Å². The fraction of sp³-hybridized carbons (Fsp3) is 0.261. The van der Waals surface area contributed by atoms with Gasteiger partial charge < -0.3 is 20.9 Å². The molecule has 2 heterocycles. The molecule has 1 atom stereocenters. The minimum Gasteiger partial charge on any atom is -0.355 e. The lowest BCUT2D eigenvalue weighted by Gasteiger charge is -2.40. The molecule has 2 aliphatic rings. The molecule has 33 heavy (non-hydrogen) atoms. The third-order valence-corrected chi connectivity index (χ3v) is 6.73. The van der Waals surface area contributed by atoms with Gasteiger partial charge in [0.05, 0.1) is 22.3 Å². The molecule has 0 aliphatic carbocycles. The third-order valence-electron chi connectivity index (χ3n) is 5.37. The highest BCUT2D eigenvalue weighted by Gasteiger charge is 2.36. The number of carbonyl (C=O) groups is 2. The molecular weight excluding hydrogens is 465 g/mol. The number of aliphatic imine (C=N–C) groups is 1. The fourth-order valence-corrected chi connectivity index (χ4v) is 5.09. The van der Waals surface area contributed by atoms with E-state index in [2.05, 4.69) is 25.8 Å². The molecule has 2 aromatic carbocycles. The molecule has 0 bridgehead atoms. The van der Waals surface area contributed by atoms with Crippen molar-refractivity contribution >= 4 is 51.8 Å². The average Bonchev–Trinajstić information content (AvgIpc) is 2.80. The van der Waals surface area contributed by atoms with Gasteiger partial charge in [-0.05, 0) is 49.2 Å². The molecule has 1 fully saturated rings. The van der Waals surface area contributed by atoms with Gasteiger partial charge in [0.15, 0.2) is 5.17 Å². The number of nitrogens with zero attached hydrogens (tertiary/aromatic N) is 2. The van der Waals surface area contributed by atoms with Crippen LogP contribution < -0.4 is 16.0 Å². The Balaban J connectivity index is 1.60. The minimum atomic E-state index is -0.558. The Hall–Kier alpha value is -3.04. The highest BCUT2D eigenvalue weighted by Crippen LogP contribution is 2.40. The predicted octanol–water partition coefficient (Wildman–Crippen LogP) is 4.99. The zero-order chi connectivity index (χ0) is 23.5. The lowest BCUT2D eigenvalue weighted by atomic mass is 9.93. The van der Waals surface area contributed by atoms with Crippen molar-refractivity contribution in [2.75, 3.05) is 30.0 Å². The number of anilines is 2. The van der Waals surface area contributed by atoms with Gasteiger partial charge in [0.25, 0.3) is 5.91 Å². The first-order chi connectivity index (χ1) is 15.9. The van der Waals surface area contributed by atoms with Crippen LogP contribution in [0.25, 0.3) is 0 Å². The van der Waals surface area contributed by atoms with Gasteiger partial charge in [0.2, 0.25) is 0 Å². The van der Waals surface area contributed by atoms with Crippen LogP contribution in [0, 0.1) is 5.82 Å². The summed E-state index contributed by atoms with van der Waals surface area (Å²) in [5, 5.41) is 8.98. The van der Waals surface area contributed by atoms with E-state index in [4.69, 9.17) is 11.6 Å². The number of fused-ring (bicyclic) bond motifs is 1. The fourth-order valence-electron chi connectivity index (χ4n) is 3.89. The number of allylic oxidation sites excluding steroid dienone is 1. The Bertz CT molecular complexity index is 1170. The van der Waals surface area contributed by atoms with Crippen molar-refractivity contribution in [1.29, 1.82) is 0 Å². The summed E-state index contributed by atoms with van der Waals surface area (Å²) in [4.78, 5) is 32.1. The van der Waals surface area contributed by atoms with E-state index in [0.29, 0.717) is 22.6 Å². The molecule has 1 unspecified atom stereocenters. The number of nitrogens with one attached hydrogen (secondary N) is 3. The molecule has 2 aliphatic heterocycles. The molecule has 172 valence electrons. The Kier molecular flexibility index (Phi) is 6.90. The van der Waals surface area contributed by atoms with Crippen molar-refractivity contribution in [3.05, 3.63) is 70.1 Å². The van der Waals surface area contributed by atoms with Crippen LogP contribution in [0.1, 0.15) is 24.9 Å². The van der Waals surface area contributed by atoms with Crippen molar-refractivity contribution in [1.82, 2.24) is 10.2 Å². The molecule has 4 rings (SSSR count). The molecular formula is C23H23ClFN5O2S. The van der Waals surface area contributed by atoms with Crippen LogP contribution in [0.4, 0.5) is 20.6 Å². The number of carbonyl (C=O) groups excluding carboxylic acids is 2. The van der Waals surface area contributed by atoms with E-state index in [1.807, 2.05) is 25.1 Å². The summed E-state index contributed by atoms with van der Waals surface area (Å²) in [6.07, 6.45) is 0.987. The van der Waals surface area contributed by atoms with Crippen molar-refractivity contribution in [2.45, 2.75) is 19.4 Å². The molecule has 2 aromatic rings. The summed E-state index contributed by atoms with van der Waals surface area (Å²) >= 11 is 7.47. The maximum Gasteiger partial charge on any atom is 0.323 e. The van der Waals surface area contributed by atoms with Gasteiger partial charge in [-0.2, -0.15) is 0 Å². The summed E-state index contributed by atoms with van der Waals surface area (Å²) in [6.45, 7) is 2.63. The SMILES string of the molecule is CNC(=O)C1=C(C)N=C2SCCCN2C1c1cccc(NC(=O)Nc2ccc(F)c(Cl)c2)c1. The van der Waals surface area contributed by atoms with Crippen LogP contribution in [0.3, 0.4) is 0 Å². The van der Waals surface area contributed by atoms with Crippen molar-refractivity contribution in [3.63, 3.8) is 0 Å². The Morgan fingerprint density at radius 2 is 1.94 bits per heavy atom. The Morgan fingerprint density at radius 1 is 1.18 bits per heavy atom. The first-order valence-electron chi connectivity index (χ1n) is 10.4. The van der Waals surface area contributed by atoms with E-state index in [1.165, 1.54) is 18.2 Å². The highest BCUT2D eigenvalue weighted by atomic mass is 35.5. The molecule has 7 nitrogen and oxygen atoms in total. The molecule has 0 spiro atoms. The number of amides is 3. The summed E-state index contributed by atoms with van der Waals surface area (Å²) in [5.41, 5.74) is 3.07. The van der Waals surface area contributed by atoms with E-state index in [0.717, 1.165) is 29.4 Å². The number of likely N-dealkylation sites (N-methyl/N-ethyl adjacent to an activating group) is 1. The number of hydrogen-bond donors (Lipinski definition) is 3. The monoisotopic (exact) mass is 487 g/mol. The van der Waals surface area contributed by atoms with Gasteiger partial charge in [-0.1, -0.05) is 35.5 Å². The Labute approximate surface area is 200 Å². The summed E-state index contributed by atoms with van der Waals surface area (Å²) in [7, 11) is 1.61. The third kappa shape index (κ3) is 4.99. The van der Waals surface area contributed by atoms with E-state index in [-0.39, 0.29) is 17.0 Å². The summed E-state index contributed by atoms with van der Waals surface area (Å²) < 4.78 is 13.4.